The molecule has 9 heteroatoms. The Kier molecular flexibility index (Phi) is 5.30. The molecule has 4 rings (SSSR count). The van der Waals surface area contributed by atoms with Gasteiger partial charge in [-0.2, -0.15) is 5.10 Å². The highest BCUT2D eigenvalue weighted by atomic mass is 16.5. The molecule has 0 amide bonds. The Hall–Kier alpha value is -3.20. The third-order valence-corrected chi connectivity index (χ3v) is 5.13. The highest BCUT2D eigenvalue weighted by Crippen LogP contribution is 2.20. The Morgan fingerprint density at radius 1 is 1.28 bits per heavy atom. The maximum absolute atomic E-state index is 13.1. The van der Waals surface area contributed by atoms with E-state index < -0.39 is 0 Å². The lowest BCUT2D eigenvalue weighted by atomic mass is 10.1. The van der Waals surface area contributed by atoms with Gasteiger partial charge in [-0.1, -0.05) is 12.1 Å². The van der Waals surface area contributed by atoms with Crippen molar-refractivity contribution in [3.05, 3.63) is 46.4 Å². The van der Waals surface area contributed by atoms with Gasteiger partial charge in [-0.15, -0.1) is 0 Å². The Morgan fingerprint density at radius 2 is 2.07 bits per heavy atom. The van der Waals surface area contributed by atoms with E-state index in [1.165, 1.54) is 4.68 Å². The standard InChI is InChI=1S/C20H24N6O3/c1-3-25-18-16(23-20(25)24-9-7-21-8-10-24)12-22-26(19(18)28)13-17(27)14-5-4-6-15(11-14)29-2/h4-6,11-12,21H,3,7-10,13H2,1-2H3. The number of imidazole rings is 1. The van der Waals surface area contributed by atoms with Gasteiger partial charge in [0.25, 0.3) is 5.56 Å². The lowest BCUT2D eigenvalue weighted by molar-refractivity contribution is 0.0965. The summed E-state index contributed by atoms with van der Waals surface area (Å²) in [6, 6.07) is 6.87. The van der Waals surface area contributed by atoms with Crippen LogP contribution in [0.15, 0.2) is 35.3 Å². The van der Waals surface area contributed by atoms with E-state index in [1.807, 2.05) is 11.5 Å². The number of carbonyl (C=O) groups is 1. The quantitative estimate of drug-likeness (QED) is 0.619. The third-order valence-electron chi connectivity index (χ3n) is 5.13. The maximum atomic E-state index is 13.1. The van der Waals surface area contributed by atoms with Gasteiger partial charge in [0, 0.05) is 38.3 Å². The van der Waals surface area contributed by atoms with Crippen molar-refractivity contribution >= 4 is 22.8 Å². The molecule has 1 aromatic carbocycles. The lowest BCUT2D eigenvalue weighted by Crippen LogP contribution is -2.44. The number of ether oxygens (including phenoxy) is 1. The second kappa shape index (κ2) is 8.04. The second-order valence-corrected chi connectivity index (χ2v) is 6.89. The molecule has 0 radical (unpaired) electrons. The molecular weight excluding hydrogens is 372 g/mol. The number of Topliss-reactive ketones (excluding diaryl/α,β-unsaturated/α-hetero) is 1. The van der Waals surface area contributed by atoms with Crippen LogP contribution >= 0.6 is 0 Å². The van der Waals surface area contributed by atoms with Gasteiger partial charge in [0.1, 0.15) is 23.3 Å². The second-order valence-electron chi connectivity index (χ2n) is 6.89. The molecule has 9 nitrogen and oxygen atoms in total. The van der Waals surface area contributed by atoms with Crippen molar-refractivity contribution in [2.45, 2.75) is 20.0 Å². The molecule has 1 N–H and O–H groups in total. The number of hydrogen-bond donors (Lipinski definition) is 1. The summed E-state index contributed by atoms with van der Waals surface area (Å²) >= 11 is 0. The number of ketones is 1. The van der Waals surface area contributed by atoms with Gasteiger partial charge in [-0.05, 0) is 19.1 Å². The summed E-state index contributed by atoms with van der Waals surface area (Å²) in [4.78, 5) is 32.6. The zero-order valence-electron chi connectivity index (χ0n) is 16.6. The monoisotopic (exact) mass is 396 g/mol. The molecule has 1 saturated heterocycles. The summed E-state index contributed by atoms with van der Waals surface area (Å²) < 4.78 is 8.29. The molecule has 0 aliphatic carbocycles. The topological polar surface area (TPSA) is 94.3 Å². The Labute approximate surface area is 167 Å². The average molecular weight is 396 g/mol. The van der Waals surface area contributed by atoms with Crippen LogP contribution in [0.4, 0.5) is 5.95 Å². The number of carbonyl (C=O) groups excluding carboxylic acids is 1. The van der Waals surface area contributed by atoms with Gasteiger partial charge in [-0.25, -0.2) is 9.67 Å². The molecule has 3 aromatic rings. The number of methoxy groups -OCH3 is 1. The van der Waals surface area contributed by atoms with E-state index in [9.17, 15) is 9.59 Å². The molecule has 3 heterocycles. The van der Waals surface area contributed by atoms with E-state index in [4.69, 9.17) is 4.74 Å². The number of aromatic nitrogens is 4. The van der Waals surface area contributed by atoms with Crippen molar-refractivity contribution < 1.29 is 9.53 Å². The molecular formula is C20H24N6O3. The van der Waals surface area contributed by atoms with Gasteiger partial charge in [0.15, 0.2) is 5.78 Å². The van der Waals surface area contributed by atoms with Crippen molar-refractivity contribution in [2.24, 2.45) is 0 Å². The van der Waals surface area contributed by atoms with Gasteiger partial charge in [0.05, 0.1) is 13.3 Å². The number of fused-ring (bicyclic) bond motifs is 1. The molecule has 0 unspecified atom stereocenters. The first-order valence-corrected chi connectivity index (χ1v) is 9.71. The minimum absolute atomic E-state index is 0.139. The molecule has 1 aliphatic heterocycles. The van der Waals surface area contributed by atoms with Crippen LogP contribution in [-0.4, -0.2) is 58.4 Å². The van der Waals surface area contributed by atoms with Crippen LogP contribution in [0, 0.1) is 0 Å². The van der Waals surface area contributed by atoms with Crippen molar-refractivity contribution in [2.75, 3.05) is 38.2 Å². The third kappa shape index (κ3) is 3.61. The normalized spacial score (nSPS) is 14.3. The summed E-state index contributed by atoms with van der Waals surface area (Å²) in [5.74, 6) is 1.17. The smallest absolute Gasteiger partial charge is 0.293 e. The summed E-state index contributed by atoms with van der Waals surface area (Å²) in [6.45, 7) is 5.88. The number of benzene rings is 1. The number of aryl methyl sites for hydroxylation is 1. The SMILES string of the molecule is CCn1c(N2CCNCC2)nc2cnn(CC(=O)c3cccc(OC)c3)c(=O)c21. The Balaban J connectivity index is 1.70. The summed E-state index contributed by atoms with van der Waals surface area (Å²) in [5.41, 5.74) is 1.20. The van der Waals surface area contributed by atoms with Crippen LogP contribution in [-0.2, 0) is 13.1 Å². The van der Waals surface area contributed by atoms with Crippen LogP contribution in [0.5, 0.6) is 5.75 Å². The molecule has 29 heavy (non-hydrogen) atoms. The summed E-state index contributed by atoms with van der Waals surface area (Å²) in [7, 11) is 1.55. The van der Waals surface area contributed by atoms with Gasteiger partial charge in [0.2, 0.25) is 5.95 Å². The minimum atomic E-state index is -0.311. The van der Waals surface area contributed by atoms with E-state index in [2.05, 4.69) is 20.3 Å². The van der Waals surface area contributed by atoms with Gasteiger partial charge in [-0.3, -0.25) is 9.59 Å². The first-order valence-electron chi connectivity index (χ1n) is 9.71. The number of rotatable bonds is 6. The minimum Gasteiger partial charge on any atom is -0.497 e. The highest BCUT2D eigenvalue weighted by Gasteiger charge is 2.21. The number of nitrogens with one attached hydrogen (secondary N) is 1. The predicted molar refractivity (Wildman–Crippen MR) is 110 cm³/mol. The van der Waals surface area contributed by atoms with E-state index >= 15 is 0 Å². The molecule has 1 fully saturated rings. The van der Waals surface area contributed by atoms with E-state index in [-0.39, 0.29) is 17.9 Å². The van der Waals surface area contributed by atoms with Crippen molar-refractivity contribution in [3.8, 4) is 5.75 Å². The Bertz CT molecular complexity index is 1100. The molecule has 1 aliphatic rings. The number of piperazine rings is 1. The molecule has 0 saturated carbocycles. The average Bonchev–Trinajstić information content (AvgIpc) is 3.15. The van der Waals surface area contributed by atoms with Crippen LogP contribution in [0.3, 0.4) is 0 Å². The maximum Gasteiger partial charge on any atom is 0.293 e. The van der Waals surface area contributed by atoms with Crippen LogP contribution < -0.4 is 20.5 Å². The zero-order chi connectivity index (χ0) is 20.4. The lowest BCUT2D eigenvalue weighted by Gasteiger charge is -2.28. The first kappa shape index (κ1) is 19.1. The van der Waals surface area contributed by atoms with Crippen LogP contribution in [0.2, 0.25) is 0 Å². The van der Waals surface area contributed by atoms with Crippen molar-refractivity contribution in [3.63, 3.8) is 0 Å². The highest BCUT2D eigenvalue weighted by molar-refractivity contribution is 5.96. The van der Waals surface area contributed by atoms with Crippen LogP contribution in [0.25, 0.3) is 11.0 Å². The largest absolute Gasteiger partial charge is 0.497 e. The molecule has 0 bridgehead atoms. The zero-order valence-corrected chi connectivity index (χ0v) is 16.6. The number of anilines is 1. The molecule has 152 valence electrons. The fourth-order valence-corrected chi connectivity index (χ4v) is 3.62. The summed E-state index contributed by atoms with van der Waals surface area (Å²) in [5, 5.41) is 7.51. The molecule has 0 atom stereocenters. The van der Waals surface area contributed by atoms with Gasteiger partial charge < -0.3 is 19.5 Å². The van der Waals surface area contributed by atoms with E-state index in [0.29, 0.717) is 28.9 Å². The van der Waals surface area contributed by atoms with Gasteiger partial charge >= 0.3 is 0 Å². The first-order chi connectivity index (χ1) is 14.1. The van der Waals surface area contributed by atoms with Crippen molar-refractivity contribution in [1.29, 1.82) is 0 Å². The predicted octanol–water partition coefficient (Wildman–Crippen LogP) is 0.914. The molecule has 2 aromatic heterocycles. The Morgan fingerprint density at radius 3 is 2.79 bits per heavy atom. The number of hydrogen-bond acceptors (Lipinski definition) is 7. The van der Waals surface area contributed by atoms with Crippen LogP contribution in [0.1, 0.15) is 17.3 Å². The number of nitrogens with zero attached hydrogens (tertiary/aromatic N) is 5. The molecule has 0 spiro atoms. The summed E-state index contributed by atoms with van der Waals surface area (Å²) in [6.07, 6.45) is 1.56. The van der Waals surface area contributed by atoms with E-state index in [1.54, 1.807) is 37.6 Å². The fraction of sp³-hybridized carbons (Fsp3) is 0.400. The van der Waals surface area contributed by atoms with Crippen molar-refractivity contribution in [1.82, 2.24) is 24.6 Å². The fourth-order valence-electron chi connectivity index (χ4n) is 3.62. The van der Waals surface area contributed by atoms with E-state index in [0.717, 1.165) is 32.1 Å².